The van der Waals surface area contributed by atoms with Gasteiger partial charge in [-0.2, -0.15) is 0 Å². The molecule has 344 valence electrons. The van der Waals surface area contributed by atoms with Crippen molar-refractivity contribution in [2.24, 2.45) is 11.8 Å². The second kappa shape index (κ2) is 7.64. The van der Waals surface area contributed by atoms with Crippen molar-refractivity contribution in [1.82, 2.24) is 0 Å². The van der Waals surface area contributed by atoms with Gasteiger partial charge in [-0.15, -0.1) is 11.6 Å². The second-order valence-electron chi connectivity index (χ2n) is 26.9. The molecule has 11 aliphatic rings. The van der Waals surface area contributed by atoms with Gasteiger partial charge in [0.2, 0.25) is 0 Å². The highest BCUT2D eigenvalue weighted by molar-refractivity contribution is 6.77. The van der Waals surface area contributed by atoms with Crippen molar-refractivity contribution in [2.75, 3.05) is 33.0 Å². The van der Waals surface area contributed by atoms with E-state index in [0.717, 1.165) is 0 Å². The third-order valence-corrected chi connectivity index (χ3v) is 27.4. The summed E-state index contributed by atoms with van der Waals surface area (Å²) in [5.41, 5.74) is 11.4. The van der Waals surface area contributed by atoms with Crippen molar-refractivity contribution in [2.45, 2.75) is 67.5 Å². The van der Waals surface area contributed by atoms with Crippen LogP contribution in [-0.4, -0.2) is 37.9 Å². The fourth-order valence-corrected chi connectivity index (χ4v) is 28.1. The summed E-state index contributed by atoms with van der Waals surface area (Å²) in [6, 6.07) is 0. The average Bonchev–Trinajstić information content (AvgIpc) is 1.47. The van der Waals surface area contributed by atoms with E-state index in [1.54, 1.807) is 64.6 Å². The first-order valence-electron chi connectivity index (χ1n) is 28.9. The van der Waals surface area contributed by atoms with Crippen LogP contribution in [0.3, 0.4) is 0 Å². The molecule has 0 aliphatic heterocycles. The molecule has 5 nitrogen and oxygen atoms in total. The van der Waals surface area contributed by atoms with Gasteiger partial charge < -0.3 is 23.7 Å². The van der Waals surface area contributed by atoms with Crippen LogP contribution in [0.4, 0.5) is 0 Å². The van der Waals surface area contributed by atoms with Crippen LogP contribution in [0.5, 0.6) is 0 Å². The Morgan fingerprint density at radius 2 is 0.526 bits per heavy atom. The van der Waals surface area contributed by atoms with E-state index in [4.69, 9.17) is 23.7 Å². The molecule has 76 heavy (non-hydrogen) atoms. The SMILES string of the molecule is CCO[C@]12C3=C4C5C6[C@]7(OCC)c8c9c%10c%11c(c%12c%13c%14c(c1c1c%15c2c2c%16c%17c(c7c7c8c8c%10c%10c%18c%11c%13c%11c%13c%14c1c1c%14c%15c%16c%15c%16c%17c7c7c8c%10c8c(c%11%18)c(c%131)c(c%14%15)c8c7%16)[C@@]2(OCC)[C@]36Cl)[C@@]4%12OCC)[C@]95OCC. The molecule has 0 N–H and O–H groups in total. The number of hydrogen-bond acceptors (Lipinski definition) is 5. The minimum atomic E-state index is -1.20. The Bertz CT molecular complexity index is 6860. The molecule has 0 bridgehead atoms. The standard InChI is InChI=1S/C70H27ClO5/c1-6-72-65-51-41-31-21-16-11-12-14-15-13(11)18-24-22(16)32(31)42-44-34(24)36-26(18)28-20(15)30-29-19(14)27-25-17(12)23(21)33-35(25)45-47-37(27)39(29)49-50-40(30)38(28)48-46(36)56-54(44)66(52(42)51,73-7-2)62-61(65)63-67(74-8-3,55(45)53(65)43(33)41)57(47)59(49)70(76-10-5)60(50)58(48)68(56,75-9-4)64(62)69(63,70)71/h61,63H,6-10H2,1-5H3/t61?,63?,65-,66+,67-,68+,69+,70-/m0/s1. The summed E-state index contributed by atoms with van der Waals surface area (Å²) in [5, 5.41) is 60.3. The minimum absolute atomic E-state index is 0.261. The van der Waals surface area contributed by atoms with Crippen LogP contribution in [0.2, 0.25) is 0 Å². The maximum atomic E-state index is 10.1. The number of benzene rings is 15. The third kappa shape index (κ3) is 1.76. The summed E-state index contributed by atoms with van der Waals surface area (Å²) in [4.78, 5) is -1.20. The van der Waals surface area contributed by atoms with Crippen LogP contribution < -0.4 is 0 Å². The summed E-state index contributed by atoms with van der Waals surface area (Å²) < 4.78 is 41.8. The van der Waals surface area contributed by atoms with Crippen LogP contribution in [0.15, 0.2) is 11.1 Å². The Hall–Kier alpha value is -6.67. The number of ether oxygens (including phenoxy) is 5. The number of halogens is 1. The predicted octanol–water partition coefficient (Wildman–Crippen LogP) is 16.2. The van der Waals surface area contributed by atoms with E-state index in [1.807, 2.05) is 0 Å². The summed E-state index contributed by atoms with van der Waals surface area (Å²) in [6.45, 7) is 14.0. The van der Waals surface area contributed by atoms with E-state index >= 15 is 0 Å². The molecule has 21 aromatic carbocycles. The fraction of sp³-hybridized carbons (Fsp3) is 0.257. The van der Waals surface area contributed by atoms with Gasteiger partial charge in [-0.05, 0) is 261 Å². The van der Waals surface area contributed by atoms with Crippen LogP contribution in [-0.2, 0) is 51.7 Å². The summed E-state index contributed by atoms with van der Waals surface area (Å²) in [6.07, 6.45) is 0. The van der Waals surface area contributed by atoms with E-state index in [9.17, 15) is 11.6 Å². The predicted molar refractivity (Wildman–Crippen MR) is 303 cm³/mol. The molecule has 32 rings (SSSR count). The number of rotatable bonds is 10. The number of hydrogen-bond donors (Lipinski definition) is 0. The van der Waals surface area contributed by atoms with Crippen LogP contribution in [0.25, 0.3) is 215 Å². The molecule has 0 amide bonds. The van der Waals surface area contributed by atoms with E-state index in [2.05, 4.69) is 34.6 Å². The first-order valence-corrected chi connectivity index (χ1v) is 29.3. The lowest BCUT2D eigenvalue weighted by Gasteiger charge is -2.65. The molecule has 0 spiro atoms. The van der Waals surface area contributed by atoms with Crippen molar-refractivity contribution in [3.63, 3.8) is 0 Å². The molecule has 0 saturated carbocycles. The van der Waals surface area contributed by atoms with Crippen LogP contribution >= 0.6 is 11.6 Å². The molecule has 0 radical (unpaired) electrons. The molecular weight excluding hydrogens is 956 g/mol. The van der Waals surface area contributed by atoms with Crippen molar-refractivity contribution in [3.8, 4) is 0 Å². The lowest BCUT2D eigenvalue weighted by atomic mass is 9.46. The molecule has 0 saturated heterocycles. The quantitative estimate of drug-likeness (QED) is 0.0776. The molecule has 11 aliphatic carbocycles. The Morgan fingerprint density at radius 3 is 0.921 bits per heavy atom. The van der Waals surface area contributed by atoms with Crippen molar-refractivity contribution in [3.05, 3.63) is 66.8 Å². The Labute approximate surface area is 427 Å². The van der Waals surface area contributed by atoms with E-state index in [1.165, 1.54) is 218 Å². The summed E-state index contributed by atoms with van der Waals surface area (Å²) in [7, 11) is 0. The first-order chi connectivity index (χ1) is 37.5. The Kier molecular flexibility index (Phi) is 3.30. The zero-order chi connectivity index (χ0) is 47.2. The molecule has 0 aromatic heterocycles. The Morgan fingerprint density at radius 1 is 0.276 bits per heavy atom. The molecule has 8 atom stereocenters. The van der Waals surface area contributed by atoms with Crippen LogP contribution in [0, 0.1) is 11.8 Å². The molecule has 2 unspecified atom stereocenters. The third-order valence-electron chi connectivity index (χ3n) is 26.8. The molecule has 21 aromatic rings. The van der Waals surface area contributed by atoms with E-state index in [0.29, 0.717) is 33.0 Å². The maximum absolute atomic E-state index is 10.1. The molecular formula is C70H27ClO5. The van der Waals surface area contributed by atoms with Gasteiger partial charge in [0.05, 0.1) is 0 Å². The van der Waals surface area contributed by atoms with Gasteiger partial charge in [-0.1, -0.05) is 0 Å². The van der Waals surface area contributed by atoms with Crippen LogP contribution in [0.1, 0.15) is 90.3 Å². The van der Waals surface area contributed by atoms with Crippen molar-refractivity contribution < 1.29 is 23.7 Å². The highest BCUT2D eigenvalue weighted by Crippen LogP contribution is 2.94. The van der Waals surface area contributed by atoms with Crippen molar-refractivity contribution >= 4 is 227 Å². The smallest absolute Gasteiger partial charge is 0.144 e. The maximum Gasteiger partial charge on any atom is 0.144 e. The summed E-state index contributed by atoms with van der Waals surface area (Å²) in [5.74, 6) is -0.599. The molecule has 0 fully saturated rings. The van der Waals surface area contributed by atoms with Gasteiger partial charge in [-0.25, -0.2) is 0 Å². The van der Waals surface area contributed by atoms with Gasteiger partial charge in [-0.3, -0.25) is 0 Å². The van der Waals surface area contributed by atoms with Gasteiger partial charge >= 0.3 is 0 Å². The van der Waals surface area contributed by atoms with Crippen molar-refractivity contribution in [1.29, 1.82) is 0 Å². The zero-order valence-corrected chi connectivity index (χ0v) is 41.9. The fourth-order valence-electron chi connectivity index (χ4n) is 27.3. The van der Waals surface area contributed by atoms with Gasteiger partial charge in [0.25, 0.3) is 0 Å². The normalized spacial score (nSPS) is 32.6. The first kappa shape index (κ1) is 32.8. The highest BCUT2D eigenvalue weighted by Gasteiger charge is 2.91. The zero-order valence-electron chi connectivity index (χ0n) is 41.1. The van der Waals surface area contributed by atoms with E-state index < -0.39 is 32.9 Å². The van der Waals surface area contributed by atoms with Gasteiger partial charge in [0, 0.05) is 101 Å². The number of alkyl halides is 1. The largest absolute Gasteiger partial charge is 0.365 e. The second-order valence-corrected chi connectivity index (χ2v) is 27.5. The lowest BCUT2D eigenvalue weighted by Crippen LogP contribution is -2.71. The topological polar surface area (TPSA) is 46.2 Å². The van der Waals surface area contributed by atoms with Gasteiger partial charge in [0.15, 0.2) is 0 Å². The molecule has 6 heteroatoms. The summed E-state index contributed by atoms with van der Waals surface area (Å²) >= 11 is 10.1. The molecule has 0 heterocycles. The van der Waals surface area contributed by atoms with Gasteiger partial charge in [0.1, 0.15) is 32.9 Å². The lowest BCUT2D eigenvalue weighted by molar-refractivity contribution is -0.184. The monoisotopic (exact) mass is 982 g/mol. The highest BCUT2D eigenvalue weighted by atomic mass is 35.5. The minimum Gasteiger partial charge on any atom is -0.365 e. The Balaban J connectivity index is 1.16. The average molecular weight is 983 g/mol. The van der Waals surface area contributed by atoms with E-state index in [-0.39, 0.29) is 11.8 Å².